The molecule has 2 aromatic rings. The van der Waals surface area contributed by atoms with Crippen molar-refractivity contribution in [1.82, 2.24) is 9.78 Å². The van der Waals surface area contributed by atoms with Gasteiger partial charge < -0.3 is 10.5 Å². The summed E-state index contributed by atoms with van der Waals surface area (Å²) >= 11 is 3.57. The van der Waals surface area contributed by atoms with Gasteiger partial charge in [-0.15, -0.1) is 0 Å². The highest BCUT2D eigenvalue weighted by Crippen LogP contribution is 2.26. The number of aromatic nitrogens is 2. The van der Waals surface area contributed by atoms with Gasteiger partial charge in [0.25, 0.3) is 0 Å². The summed E-state index contributed by atoms with van der Waals surface area (Å²) in [5.74, 6) is 0.830. The predicted octanol–water partition coefficient (Wildman–Crippen LogP) is 3.57. The topological polar surface area (TPSA) is 53.1 Å². The molecule has 1 aromatic carbocycles. The molecular weight excluding hydrogens is 318 g/mol. The number of halogens is 1. The Bertz CT molecular complexity index is 593. The molecule has 1 heterocycles. The maximum absolute atomic E-state index is 5.97. The van der Waals surface area contributed by atoms with Gasteiger partial charge in [0.05, 0.1) is 15.9 Å². The molecule has 2 rings (SSSR count). The van der Waals surface area contributed by atoms with Crippen molar-refractivity contribution >= 4 is 15.9 Å². The van der Waals surface area contributed by atoms with Gasteiger partial charge in [0.2, 0.25) is 0 Å². The van der Waals surface area contributed by atoms with Crippen LogP contribution in [0.1, 0.15) is 36.8 Å². The Morgan fingerprint density at radius 1 is 1.40 bits per heavy atom. The molecule has 0 saturated carbocycles. The van der Waals surface area contributed by atoms with E-state index >= 15 is 0 Å². The third-order valence-electron chi connectivity index (χ3n) is 3.23. The van der Waals surface area contributed by atoms with Crippen LogP contribution in [0.25, 0.3) is 0 Å². The van der Waals surface area contributed by atoms with Crippen LogP contribution >= 0.6 is 15.9 Å². The van der Waals surface area contributed by atoms with Crippen molar-refractivity contribution in [3.8, 4) is 5.75 Å². The lowest BCUT2D eigenvalue weighted by atomic mass is 10.1. The molecule has 0 unspecified atom stereocenters. The summed E-state index contributed by atoms with van der Waals surface area (Å²) < 4.78 is 8.91. The SMILES string of the molecule is CCn1nc(C)c(Br)c1COc1ccccc1[C@@H](C)N. The lowest BCUT2D eigenvalue weighted by Crippen LogP contribution is -2.10. The predicted molar refractivity (Wildman–Crippen MR) is 83.7 cm³/mol. The smallest absolute Gasteiger partial charge is 0.131 e. The molecule has 4 nitrogen and oxygen atoms in total. The van der Waals surface area contributed by atoms with Crippen molar-refractivity contribution in [2.45, 2.75) is 40.0 Å². The lowest BCUT2D eigenvalue weighted by molar-refractivity contribution is 0.287. The van der Waals surface area contributed by atoms with E-state index in [0.29, 0.717) is 6.61 Å². The maximum atomic E-state index is 5.97. The lowest BCUT2D eigenvalue weighted by Gasteiger charge is -2.14. The Morgan fingerprint density at radius 2 is 2.10 bits per heavy atom. The Hall–Kier alpha value is -1.33. The molecule has 1 atom stereocenters. The number of aryl methyl sites for hydroxylation is 2. The second kappa shape index (κ2) is 6.41. The number of nitrogens with two attached hydrogens (primary N) is 1. The number of para-hydroxylation sites is 1. The number of benzene rings is 1. The minimum absolute atomic E-state index is 0.0486. The Balaban J connectivity index is 2.21. The average Bonchev–Trinajstić information content (AvgIpc) is 2.72. The van der Waals surface area contributed by atoms with Gasteiger partial charge in [0.15, 0.2) is 0 Å². The molecule has 0 bridgehead atoms. The zero-order valence-corrected chi connectivity index (χ0v) is 13.6. The zero-order valence-electron chi connectivity index (χ0n) is 12.1. The summed E-state index contributed by atoms with van der Waals surface area (Å²) in [5, 5.41) is 4.46. The normalized spacial score (nSPS) is 12.4. The summed E-state index contributed by atoms with van der Waals surface area (Å²) in [6.45, 7) is 7.30. The molecule has 0 fully saturated rings. The van der Waals surface area contributed by atoms with Crippen LogP contribution in [-0.4, -0.2) is 9.78 Å². The average molecular weight is 338 g/mol. The van der Waals surface area contributed by atoms with Crippen molar-refractivity contribution < 1.29 is 4.74 Å². The number of rotatable bonds is 5. The van der Waals surface area contributed by atoms with E-state index in [9.17, 15) is 0 Å². The van der Waals surface area contributed by atoms with E-state index in [0.717, 1.165) is 33.7 Å². The first-order valence-electron chi connectivity index (χ1n) is 6.73. The first-order chi connectivity index (χ1) is 9.54. The molecule has 108 valence electrons. The standard InChI is InChI=1S/C15H20BrN3O/c1-4-19-13(15(16)11(3)18-19)9-20-14-8-6-5-7-12(14)10(2)17/h5-8,10H,4,9,17H2,1-3H3/t10-/m1/s1. The minimum Gasteiger partial charge on any atom is -0.487 e. The molecule has 0 aliphatic heterocycles. The highest BCUT2D eigenvalue weighted by molar-refractivity contribution is 9.10. The van der Waals surface area contributed by atoms with Crippen molar-refractivity contribution in [3.05, 3.63) is 45.7 Å². The van der Waals surface area contributed by atoms with Crippen molar-refractivity contribution in [3.63, 3.8) is 0 Å². The quantitative estimate of drug-likeness (QED) is 0.907. The maximum Gasteiger partial charge on any atom is 0.131 e. The summed E-state index contributed by atoms with van der Waals surface area (Å²) in [6, 6.07) is 7.83. The molecule has 0 radical (unpaired) electrons. The molecule has 0 aliphatic carbocycles. The summed E-state index contributed by atoms with van der Waals surface area (Å²) in [7, 11) is 0. The third kappa shape index (κ3) is 3.04. The first-order valence-corrected chi connectivity index (χ1v) is 7.53. The second-order valence-corrected chi connectivity index (χ2v) is 5.57. The Kier molecular flexibility index (Phi) is 4.83. The summed E-state index contributed by atoms with van der Waals surface area (Å²) in [6.07, 6.45) is 0. The van der Waals surface area contributed by atoms with E-state index in [-0.39, 0.29) is 6.04 Å². The van der Waals surface area contributed by atoms with Crippen LogP contribution in [0.4, 0.5) is 0 Å². The molecule has 2 N–H and O–H groups in total. The second-order valence-electron chi connectivity index (χ2n) is 4.78. The number of ether oxygens (including phenoxy) is 1. The van der Waals surface area contributed by atoms with Crippen molar-refractivity contribution in [2.24, 2.45) is 5.73 Å². The van der Waals surface area contributed by atoms with E-state index in [1.165, 1.54) is 0 Å². The molecule has 1 aromatic heterocycles. The van der Waals surface area contributed by atoms with Gasteiger partial charge in [-0.05, 0) is 42.8 Å². The Morgan fingerprint density at radius 3 is 2.75 bits per heavy atom. The van der Waals surface area contributed by atoms with Gasteiger partial charge in [-0.1, -0.05) is 18.2 Å². The highest BCUT2D eigenvalue weighted by atomic mass is 79.9. The van der Waals surface area contributed by atoms with E-state index in [2.05, 4.69) is 28.0 Å². The Labute approximate surface area is 128 Å². The highest BCUT2D eigenvalue weighted by Gasteiger charge is 2.14. The number of hydrogen-bond donors (Lipinski definition) is 1. The summed E-state index contributed by atoms with van der Waals surface area (Å²) in [5.41, 5.74) is 9.01. The number of nitrogens with zero attached hydrogens (tertiary/aromatic N) is 2. The van der Waals surface area contributed by atoms with Gasteiger partial charge in [-0.3, -0.25) is 4.68 Å². The largest absolute Gasteiger partial charge is 0.487 e. The fourth-order valence-electron chi connectivity index (χ4n) is 2.14. The van der Waals surface area contributed by atoms with Gasteiger partial charge in [0, 0.05) is 18.2 Å². The zero-order chi connectivity index (χ0) is 14.7. The first kappa shape index (κ1) is 15.1. The monoisotopic (exact) mass is 337 g/mol. The van der Waals surface area contributed by atoms with Crippen LogP contribution < -0.4 is 10.5 Å². The van der Waals surface area contributed by atoms with Crippen LogP contribution in [0.15, 0.2) is 28.7 Å². The van der Waals surface area contributed by atoms with Crippen LogP contribution in [0, 0.1) is 6.92 Å². The van der Waals surface area contributed by atoms with Gasteiger partial charge >= 0.3 is 0 Å². The minimum atomic E-state index is -0.0486. The molecule has 0 aliphatic rings. The van der Waals surface area contributed by atoms with Crippen molar-refractivity contribution in [2.75, 3.05) is 0 Å². The summed E-state index contributed by atoms with van der Waals surface area (Å²) in [4.78, 5) is 0. The van der Waals surface area contributed by atoms with Gasteiger partial charge in [0.1, 0.15) is 12.4 Å². The van der Waals surface area contributed by atoms with E-state index in [4.69, 9.17) is 10.5 Å². The van der Waals surface area contributed by atoms with Crippen LogP contribution in [0.3, 0.4) is 0 Å². The fraction of sp³-hybridized carbons (Fsp3) is 0.400. The molecule has 5 heteroatoms. The third-order valence-corrected chi connectivity index (χ3v) is 4.26. The molecule has 0 amide bonds. The molecular formula is C15H20BrN3O. The van der Waals surface area contributed by atoms with E-state index in [1.54, 1.807) is 0 Å². The van der Waals surface area contributed by atoms with Crippen LogP contribution in [0.2, 0.25) is 0 Å². The molecule has 0 spiro atoms. The molecule has 20 heavy (non-hydrogen) atoms. The van der Waals surface area contributed by atoms with Gasteiger partial charge in [-0.2, -0.15) is 5.10 Å². The fourth-order valence-corrected chi connectivity index (χ4v) is 2.54. The van der Waals surface area contributed by atoms with Gasteiger partial charge in [-0.25, -0.2) is 0 Å². The van der Waals surface area contributed by atoms with Crippen molar-refractivity contribution in [1.29, 1.82) is 0 Å². The van der Waals surface area contributed by atoms with Crippen LogP contribution in [-0.2, 0) is 13.2 Å². The van der Waals surface area contributed by atoms with E-state index in [1.807, 2.05) is 42.8 Å². The number of hydrogen-bond acceptors (Lipinski definition) is 3. The van der Waals surface area contributed by atoms with E-state index < -0.39 is 0 Å². The molecule has 0 saturated heterocycles. The van der Waals surface area contributed by atoms with Crippen LogP contribution in [0.5, 0.6) is 5.75 Å².